The van der Waals surface area contributed by atoms with Gasteiger partial charge >= 0.3 is 5.97 Å². The SMILES string of the molecule is CC(C)c1cc(Cc2c(Cl)cc(/C=C/C(=O)O)cc2Cl)ccc1OC1CCCCO1. The third kappa shape index (κ3) is 6.00. The molecular formula is C24H26Cl2O4. The van der Waals surface area contributed by atoms with Crippen LogP contribution >= 0.6 is 23.2 Å². The molecule has 0 amide bonds. The Morgan fingerprint density at radius 3 is 2.57 bits per heavy atom. The Bertz CT molecular complexity index is 908. The monoisotopic (exact) mass is 448 g/mol. The molecule has 4 nitrogen and oxygen atoms in total. The van der Waals surface area contributed by atoms with Crippen molar-refractivity contribution >= 4 is 35.2 Å². The van der Waals surface area contributed by atoms with Crippen LogP contribution in [0, 0.1) is 0 Å². The number of ether oxygens (including phenoxy) is 2. The Morgan fingerprint density at radius 2 is 1.97 bits per heavy atom. The van der Waals surface area contributed by atoms with Crippen molar-refractivity contribution in [2.75, 3.05) is 6.61 Å². The van der Waals surface area contributed by atoms with Crippen LogP contribution in [0.5, 0.6) is 5.75 Å². The first-order valence-electron chi connectivity index (χ1n) is 10.1. The number of hydrogen-bond donors (Lipinski definition) is 1. The van der Waals surface area contributed by atoms with Crippen LogP contribution in [0.15, 0.2) is 36.4 Å². The average Bonchev–Trinajstić information content (AvgIpc) is 2.70. The minimum Gasteiger partial charge on any atom is -0.478 e. The van der Waals surface area contributed by atoms with Gasteiger partial charge in [0.1, 0.15) is 5.75 Å². The Morgan fingerprint density at radius 1 is 1.23 bits per heavy atom. The van der Waals surface area contributed by atoms with Gasteiger partial charge in [-0.1, -0.05) is 49.2 Å². The highest BCUT2D eigenvalue weighted by molar-refractivity contribution is 6.36. The summed E-state index contributed by atoms with van der Waals surface area (Å²) in [5, 5.41) is 9.81. The lowest BCUT2D eigenvalue weighted by atomic mass is 9.96. The normalized spacial score (nSPS) is 16.9. The molecule has 1 saturated heterocycles. The van der Waals surface area contributed by atoms with Crippen molar-refractivity contribution in [1.82, 2.24) is 0 Å². The quantitative estimate of drug-likeness (QED) is 0.478. The number of aliphatic carboxylic acids is 1. The highest BCUT2D eigenvalue weighted by atomic mass is 35.5. The summed E-state index contributed by atoms with van der Waals surface area (Å²) in [6.07, 6.45) is 6.04. The maximum atomic E-state index is 10.7. The molecule has 0 aromatic heterocycles. The lowest BCUT2D eigenvalue weighted by Gasteiger charge is -2.25. The van der Waals surface area contributed by atoms with Crippen molar-refractivity contribution in [3.63, 3.8) is 0 Å². The van der Waals surface area contributed by atoms with E-state index < -0.39 is 5.97 Å². The minimum absolute atomic E-state index is 0.183. The van der Waals surface area contributed by atoms with E-state index in [0.29, 0.717) is 22.0 Å². The van der Waals surface area contributed by atoms with Gasteiger partial charge in [0.2, 0.25) is 0 Å². The molecular weight excluding hydrogens is 423 g/mol. The van der Waals surface area contributed by atoms with E-state index in [0.717, 1.165) is 54.4 Å². The Kier molecular flexibility index (Phi) is 7.81. The van der Waals surface area contributed by atoms with Gasteiger partial charge in [-0.3, -0.25) is 0 Å². The summed E-state index contributed by atoms with van der Waals surface area (Å²) >= 11 is 12.9. The largest absolute Gasteiger partial charge is 0.478 e. The Balaban J connectivity index is 1.82. The van der Waals surface area contributed by atoms with Crippen LogP contribution in [0.1, 0.15) is 61.3 Å². The molecule has 0 spiro atoms. The maximum absolute atomic E-state index is 10.7. The van der Waals surface area contributed by atoms with E-state index in [9.17, 15) is 4.79 Å². The van der Waals surface area contributed by atoms with Crippen LogP contribution in [0.4, 0.5) is 0 Å². The lowest BCUT2D eigenvalue weighted by molar-refractivity contribution is -0.131. The Labute approximate surface area is 187 Å². The van der Waals surface area contributed by atoms with Crippen molar-refractivity contribution in [3.8, 4) is 5.75 Å². The molecule has 0 aliphatic carbocycles. The number of carbonyl (C=O) groups is 1. The molecule has 1 N–H and O–H groups in total. The van der Waals surface area contributed by atoms with Crippen molar-refractivity contribution in [3.05, 3.63) is 68.7 Å². The average molecular weight is 449 g/mol. The van der Waals surface area contributed by atoms with Crippen molar-refractivity contribution in [1.29, 1.82) is 0 Å². The first kappa shape index (κ1) is 22.7. The van der Waals surface area contributed by atoms with E-state index in [4.69, 9.17) is 37.8 Å². The summed E-state index contributed by atoms with van der Waals surface area (Å²) < 4.78 is 11.9. The standard InChI is InChI=1S/C24H26Cl2O4/c1-15(2)18-11-16(6-8-22(18)30-24-5-3-4-10-29-24)12-19-20(25)13-17(14-21(19)26)7-9-23(27)28/h6-9,11,13-15,24H,3-5,10,12H2,1-2H3,(H,27,28)/b9-7+. The van der Waals surface area contributed by atoms with Crippen LogP contribution in [0.3, 0.4) is 0 Å². The van der Waals surface area contributed by atoms with Crippen LogP contribution in [-0.4, -0.2) is 24.0 Å². The van der Waals surface area contributed by atoms with Crippen LogP contribution in [0.2, 0.25) is 10.0 Å². The third-order valence-corrected chi connectivity index (χ3v) is 5.73. The number of rotatable bonds is 7. The van der Waals surface area contributed by atoms with Crippen molar-refractivity contribution in [2.45, 2.75) is 51.7 Å². The molecule has 1 aliphatic rings. The molecule has 30 heavy (non-hydrogen) atoms. The molecule has 0 saturated carbocycles. The summed E-state index contributed by atoms with van der Waals surface area (Å²) in [6, 6.07) is 9.60. The van der Waals surface area contributed by atoms with E-state index in [1.807, 2.05) is 12.1 Å². The zero-order valence-corrected chi connectivity index (χ0v) is 18.7. The number of hydrogen-bond acceptors (Lipinski definition) is 3. The van der Waals surface area contributed by atoms with Crippen molar-refractivity contribution in [2.24, 2.45) is 0 Å². The van der Waals surface area contributed by atoms with Gasteiger partial charge < -0.3 is 14.6 Å². The second kappa shape index (κ2) is 10.3. The molecule has 6 heteroatoms. The molecule has 2 aromatic carbocycles. The van der Waals surface area contributed by atoms with Gasteiger partial charge in [-0.2, -0.15) is 0 Å². The summed E-state index contributed by atoms with van der Waals surface area (Å²) in [5.41, 5.74) is 3.66. The van der Waals surface area contributed by atoms with Gasteiger partial charge in [0.05, 0.1) is 6.61 Å². The molecule has 1 aliphatic heterocycles. The van der Waals surface area contributed by atoms with E-state index in [2.05, 4.69) is 19.9 Å². The van der Waals surface area contributed by atoms with Gasteiger partial charge in [0.25, 0.3) is 0 Å². The van der Waals surface area contributed by atoms with Gasteiger partial charge in [-0.25, -0.2) is 4.79 Å². The minimum atomic E-state index is -1.02. The number of carboxylic acids is 1. The Hall–Kier alpha value is -2.01. The zero-order valence-electron chi connectivity index (χ0n) is 17.2. The molecule has 0 radical (unpaired) electrons. The predicted octanol–water partition coefficient (Wildman–Crippen LogP) is 6.71. The van der Waals surface area contributed by atoms with Gasteiger partial charge in [-0.05, 0) is 65.3 Å². The molecule has 3 rings (SSSR count). The summed E-state index contributed by atoms with van der Waals surface area (Å²) in [6.45, 7) is 5.02. The molecule has 1 heterocycles. The highest BCUT2D eigenvalue weighted by Gasteiger charge is 2.19. The molecule has 2 aromatic rings. The highest BCUT2D eigenvalue weighted by Crippen LogP contribution is 2.33. The number of halogens is 2. The van der Waals surface area contributed by atoms with Gasteiger partial charge in [0, 0.05) is 29.0 Å². The predicted molar refractivity (Wildman–Crippen MR) is 121 cm³/mol. The second-order valence-corrected chi connectivity index (χ2v) is 8.57. The van der Waals surface area contributed by atoms with E-state index in [-0.39, 0.29) is 12.2 Å². The fraction of sp³-hybridized carbons (Fsp3) is 0.375. The topological polar surface area (TPSA) is 55.8 Å². The maximum Gasteiger partial charge on any atom is 0.328 e. The van der Waals surface area contributed by atoms with Crippen LogP contribution < -0.4 is 4.74 Å². The van der Waals surface area contributed by atoms with Crippen LogP contribution in [-0.2, 0) is 16.0 Å². The molecule has 0 bridgehead atoms. The first-order chi connectivity index (χ1) is 14.3. The molecule has 1 fully saturated rings. The third-order valence-electron chi connectivity index (χ3n) is 5.06. The zero-order chi connectivity index (χ0) is 21.7. The summed E-state index contributed by atoms with van der Waals surface area (Å²) in [4.78, 5) is 10.7. The van der Waals surface area contributed by atoms with Crippen LogP contribution in [0.25, 0.3) is 6.08 Å². The van der Waals surface area contributed by atoms with E-state index in [1.165, 1.54) is 6.08 Å². The smallest absolute Gasteiger partial charge is 0.328 e. The lowest BCUT2D eigenvalue weighted by Crippen LogP contribution is -2.25. The molecule has 1 atom stereocenters. The summed E-state index contributed by atoms with van der Waals surface area (Å²) in [7, 11) is 0. The van der Waals surface area contributed by atoms with Crippen molar-refractivity contribution < 1.29 is 19.4 Å². The van der Waals surface area contributed by atoms with E-state index in [1.54, 1.807) is 12.1 Å². The number of carboxylic acid groups (broad SMARTS) is 1. The fourth-order valence-electron chi connectivity index (χ4n) is 3.47. The molecule has 160 valence electrons. The summed E-state index contributed by atoms with van der Waals surface area (Å²) in [5.74, 6) is 0.124. The van der Waals surface area contributed by atoms with Gasteiger partial charge in [-0.15, -0.1) is 0 Å². The number of benzene rings is 2. The fourth-order valence-corrected chi connectivity index (χ4v) is 4.11. The second-order valence-electron chi connectivity index (χ2n) is 7.75. The van der Waals surface area contributed by atoms with E-state index >= 15 is 0 Å². The first-order valence-corrected chi connectivity index (χ1v) is 10.9. The molecule has 1 unspecified atom stereocenters. The van der Waals surface area contributed by atoms with Gasteiger partial charge in [0.15, 0.2) is 6.29 Å².